The first-order chi connectivity index (χ1) is 9.41. The van der Waals surface area contributed by atoms with E-state index in [4.69, 9.17) is 0 Å². The summed E-state index contributed by atoms with van der Waals surface area (Å²) < 4.78 is 13.0. The second-order valence-corrected chi connectivity index (χ2v) is 5.20. The molecular formula is C15H23FN2O2. The highest BCUT2D eigenvalue weighted by Gasteiger charge is 2.11. The summed E-state index contributed by atoms with van der Waals surface area (Å²) in [5.41, 5.74) is -0.0238. The highest BCUT2D eigenvalue weighted by atomic mass is 19.1. The molecule has 0 fully saturated rings. The molecule has 5 heteroatoms. The number of nitrogens with one attached hydrogen (secondary N) is 1. The molecule has 20 heavy (non-hydrogen) atoms. The molecule has 112 valence electrons. The van der Waals surface area contributed by atoms with Crippen molar-refractivity contribution in [3.63, 3.8) is 0 Å². The largest absolute Gasteiger partial charge is 0.507 e. The van der Waals surface area contributed by atoms with Crippen LogP contribution in [0.1, 0.15) is 37.0 Å². The van der Waals surface area contributed by atoms with E-state index in [1.165, 1.54) is 6.07 Å². The average Bonchev–Trinajstić information content (AvgIpc) is 2.40. The number of hydrogen-bond donors (Lipinski definition) is 2. The van der Waals surface area contributed by atoms with E-state index in [1.54, 1.807) is 0 Å². The summed E-state index contributed by atoms with van der Waals surface area (Å²) in [5, 5.41) is 12.2. The lowest BCUT2D eigenvalue weighted by Crippen LogP contribution is -2.29. The average molecular weight is 282 g/mol. The van der Waals surface area contributed by atoms with Crippen molar-refractivity contribution < 1.29 is 14.3 Å². The maximum absolute atomic E-state index is 13.0. The van der Waals surface area contributed by atoms with Crippen LogP contribution in [0, 0.1) is 5.82 Å². The molecule has 0 aliphatic carbocycles. The number of hydrogen-bond acceptors (Lipinski definition) is 3. The molecule has 0 aliphatic heterocycles. The number of unbranched alkanes of at least 4 members (excludes halogenated alkanes) is 1. The number of phenols is 1. The molecule has 0 aliphatic rings. The van der Waals surface area contributed by atoms with Gasteiger partial charge in [-0.3, -0.25) is 4.79 Å². The predicted octanol–water partition coefficient (Wildman–Crippen LogP) is 2.38. The van der Waals surface area contributed by atoms with E-state index in [0.29, 0.717) is 12.6 Å². The molecule has 0 saturated heterocycles. The Morgan fingerprint density at radius 3 is 2.75 bits per heavy atom. The molecule has 0 bridgehead atoms. The summed E-state index contributed by atoms with van der Waals surface area (Å²) in [6.45, 7) is 5.75. The zero-order valence-electron chi connectivity index (χ0n) is 12.3. The van der Waals surface area contributed by atoms with Crippen LogP contribution < -0.4 is 5.32 Å². The molecule has 1 aromatic carbocycles. The van der Waals surface area contributed by atoms with Gasteiger partial charge in [0, 0.05) is 12.6 Å². The van der Waals surface area contributed by atoms with E-state index in [2.05, 4.69) is 31.1 Å². The first kappa shape index (κ1) is 16.4. The van der Waals surface area contributed by atoms with Crippen LogP contribution in [-0.2, 0) is 0 Å². The van der Waals surface area contributed by atoms with Crippen LogP contribution in [0.15, 0.2) is 18.2 Å². The zero-order valence-corrected chi connectivity index (χ0v) is 12.3. The minimum atomic E-state index is -0.536. The molecule has 0 unspecified atom stereocenters. The van der Waals surface area contributed by atoms with Gasteiger partial charge in [0.2, 0.25) is 0 Å². The fourth-order valence-electron chi connectivity index (χ4n) is 1.73. The van der Waals surface area contributed by atoms with E-state index >= 15 is 0 Å². The number of aromatic hydroxyl groups is 1. The van der Waals surface area contributed by atoms with Crippen molar-refractivity contribution in [2.75, 3.05) is 20.1 Å². The first-order valence-electron chi connectivity index (χ1n) is 6.88. The second kappa shape index (κ2) is 7.85. The molecule has 1 aromatic rings. The number of phenolic OH excluding ortho intramolecular Hbond substituents is 1. The predicted molar refractivity (Wildman–Crippen MR) is 77.4 cm³/mol. The Morgan fingerprint density at radius 2 is 2.10 bits per heavy atom. The van der Waals surface area contributed by atoms with E-state index in [-0.39, 0.29) is 11.3 Å². The lowest BCUT2D eigenvalue weighted by Gasteiger charge is -2.20. The van der Waals surface area contributed by atoms with Gasteiger partial charge in [-0.05, 0) is 58.5 Å². The minimum absolute atomic E-state index is 0.0238. The number of rotatable bonds is 7. The maximum Gasteiger partial charge on any atom is 0.255 e. The van der Waals surface area contributed by atoms with Crippen LogP contribution >= 0.6 is 0 Å². The van der Waals surface area contributed by atoms with Crippen LogP contribution in [0.25, 0.3) is 0 Å². The van der Waals surface area contributed by atoms with Crippen molar-refractivity contribution in [3.05, 3.63) is 29.6 Å². The molecule has 0 atom stereocenters. The van der Waals surface area contributed by atoms with Crippen molar-refractivity contribution in [2.45, 2.75) is 32.7 Å². The fourth-order valence-corrected chi connectivity index (χ4v) is 1.73. The van der Waals surface area contributed by atoms with E-state index in [9.17, 15) is 14.3 Å². The fraction of sp³-hybridized carbons (Fsp3) is 0.533. The third-order valence-corrected chi connectivity index (χ3v) is 3.31. The highest BCUT2D eigenvalue weighted by Crippen LogP contribution is 2.17. The summed E-state index contributed by atoms with van der Waals surface area (Å²) in [7, 11) is 2.06. The Morgan fingerprint density at radius 1 is 1.40 bits per heavy atom. The van der Waals surface area contributed by atoms with Crippen molar-refractivity contribution >= 4 is 5.91 Å². The highest BCUT2D eigenvalue weighted by molar-refractivity contribution is 5.96. The molecule has 2 N–H and O–H groups in total. The van der Waals surface area contributed by atoms with Gasteiger partial charge in [-0.15, -0.1) is 0 Å². The van der Waals surface area contributed by atoms with Gasteiger partial charge in [0.1, 0.15) is 11.6 Å². The Bertz CT molecular complexity index is 449. The van der Waals surface area contributed by atoms with Gasteiger partial charge in [0.15, 0.2) is 0 Å². The maximum atomic E-state index is 13.0. The van der Waals surface area contributed by atoms with E-state index in [0.717, 1.165) is 31.5 Å². The molecular weight excluding hydrogens is 259 g/mol. The minimum Gasteiger partial charge on any atom is -0.507 e. The molecule has 4 nitrogen and oxygen atoms in total. The quantitative estimate of drug-likeness (QED) is 0.755. The number of carbonyl (C=O) groups excluding carboxylic acids is 1. The van der Waals surface area contributed by atoms with Gasteiger partial charge in [-0.1, -0.05) is 0 Å². The molecule has 0 heterocycles. The third-order valence-electron chi connectivity index (χ3n) is 3.31. The molecule has 0 aromatic heterocycles. The third kappa shape index (κ3) is 5.17. The number of benzene rings is 1. The van der Waals surface area contributed by atoms with Crippen LogP contribution in [-0.4, -0.2) is 42.1 Å². The lowest BCUT2D eigenvalue weighted by molar-refractivity contribution is 0.0949. The Labute approximate surface area is 119 Å². The standard InChI is InChI=1S/C15H23FN2O2/c1-11(2)18(3)9-5-4-8-17-15(20)13-10-12(16)6-7-14(13)19/h6-7,10-11,19H,4-5,8-9H2,1-3H3,(H,17,20). The molecule has 0 spiro atoms. The summed E-state index contributed by atoms with van der Waals surface area (Å²) in [4.78, 5) is 14.0. The van der Waals surface area contributed by atoms with Gasteiger partial charge in [0.05, 0.1) is 5.56 Å². The van der Waals surface area contributed by atoms with Crippen LogP contribution in [0.5, 0.6) is 5.75 Å². The summed E-state index contributed by atoms with van der Waals surface area (Å²) >= 11 is 0. The second-order valence-electron chi connectivity index (χ2n) is 5.20. The SMILES string of the molecule is CC(C)N(C)CCCCNC(=O)c1cc(F)ccc1O. The topological polar surface area (TPSA) is 52.6 Å². The van der Waals surface area contributed by atoms with Crippen molar-refractivity contribution in [3.8, 4) is 5.75 Å². The number of nitrogens with zero attached hydrogens (tertiary/aromatic N) is 1. The van der Waals surface area contributed by atoms with Crippen molar-refractivity contribution in [2.24, 2.45) is 0 Å². The first-order valence-corrected chi connectivity index (χ1v) is 6.88. The van der Waals surface area contributed by atoms with Gasteiger partial charge in [-0.25, -0.2) is 4.39 Å². The lowest BCUT2D eigenvalue weighted by atomic mass is 10.2. The van der Waals surface area contributed by atoms with Crippen molar-refractivity contribution in [1.82, 2.24) is 10.2 Å². The smallest absolute Gasteiger partial charge is 0.255 e. The summed E-state index contributed by atoms with van der Waals surface area (Å²) in [5.74, 6) is -1.19. The monoisotopic (exact) mass is 282 g/mol. The van der Waals surface area contributed by atoms with Crippen LogP contribution in [0.4, 0.5) is 4.39 Å². The van der Waals surface area contributed by atoms with E-state index in [1.807, 2.05) is 0 Å². The summed E-state index contributed by atoms with van der Waals surface area (Å²) in [6, 6.07) is 3.85. The van der Waals surface area contributed by atoms with Crippen LogP contribution in [0.3, 0.4) is 0 Å². The molecule has 1 amide bonds. The van der Waals surface area contributed by atoms with Crippen LogP contribution in [0.2, 0.25) is 0 Å². The molecule has 0 radical (unpaired) electrons. The zero-order chi connectivity index (χ0) is 15.1. The number of halogens is 1. The van der Waals surface area contributed by atoms with Crippen molar-refractivity contribution in [1.29, 1.82) is 0 Å². The Balaban J connectivity index is 2.32. The van der Waals surface area contributed by atoms with Gasteiger partial charge >= 0.3 is 0 Å². The van der Waals surface area contributed by atoms with Gasteiger partial charge < -0.3 is 15.3 Å². The van der Waals surface area contributed by atoms with Gasteiger partial charge in [0.25, 0.3) is 5.91 Å². The summed E-state index contributed by atoms with van der Waals surface area (Å²) in [6.07, 6.45) is 1.82. The molecule has 1 rings (SSSR count). The van der Waals surface area contributed by atoms with Gasteiger partial charge in [-0.2, -0.15) is 0 Å². The number of amides is 1. The Hall–Kier alpha value is -1.62. The van der Waals surface area contributed by atoms with E-state index < -0.39 is 11.7 Å². The molecule has 0 saturated carbocycles. The normalized spacial score (nSPS) is 11.1. The Kier molecular flexibility index (Phi) is 6.45. The number of carbonyl (C=O) groups is 1.